The van der Waals surface area contributed by atoms with Crippen LogP contribution >= 0.6 is 0 Å². The number of aliphatic hydroxyl groups excluding tert-OH is 1. The minimum absolute atomic E-state index is 0.00127. The van der Waals surface area contributed by atoms with E-state index in [1.54, 1.807) is 6.20 Å². The SMILES string of the molecule is Cc1nccn1-c1ccc(CNC(=O)CN2CCCC(O)C2)cc1. The smallest absolute Gasteiger partial charge is 0.234 e. The fraction of sp³-hybridized carbons (Fsp3) is 0.444. The zero-order valence-corrected chi connectivity index (χ0v) is 14.0. The fourth-order valence-corrected chi connectivity index (χ4v) is 3.06. The highest BCUT2D eigenvalue weighted by Crippen LogP contribution is 2.12. The summed E-state index contributed by atoms with van der Waals surface area (Å²) in [6.45, 7) is 4.29. The summed E-state index contributed by atoms with van der Waals surface area (Å²) in [4.78, 5) is 18.3. The van der Waals surface area contributed by atoms with Crippen LogP contribution in [-0.2, 0) is 11.3 Å². The first-order valence-corrected chi connectivity index (χ1v) is 8.38. The number of nitrogens with one attached hydrogen (secondary N) is 1. The van der Waals surface area contributed by atoms with Crippen molar-refractivity contribution in [3.8, 4) is 5.69 Å². The number of imidazole rings is 1. The molecule has 1 aromatic carbocycles. The van der Waals surface area contributed by atoms with E-state index in [1.165, 1.54) is 0 Å². The second-order valence-corrected chi connectivity index (χ2v) is 6.32. The van der Waals surface area contributed by atoms with Crippen molar-refractivity contribution < 1.29 is 9.90 Å². The molecule has 128 valence electrons. The molecule has 3 rings (SSSR count). The molecule has 1 amide bonds. The number of carbonyl (C=O) groups excluding carboxylic acids is 1. The first-order valence-electron chi connectivity index (χ1n) is 8.38. The Morgan fingerprint density at radius 2 is 2.17 bits per heavy atom. The van der Waals surface area contributed by atoms with Crippen LogP contribution in [0, 0.1) is 6.92 Å². The lowest BCUT2D eigenvalue weighted by atomic mass is 10.1. The molecule has 1 fully saturated rings. The summed E-state index contributed by atoms with van der Waals surface area (Å²) >= 11 is 0. The molecule has 1 saturated heterocycles. The summed E-state index contributed by atoms with van der Waals surface area (Å²) in [6.07, 6.45) is 5.19. The molecule has 0 spiro atoms. The number of piperidine rings is 1. The Balaban J connectivity index is 1.49. The normalized spacial score (nSPS) is 18.5. The number of rotatable bonds is 5. The Kier molecular flexibility index (Phi) is 5.27. The first-order chi connectivity index (χ1) is 11.6. The molecule has 2 aromatic rings. The first kappa shape index (κ1) is 16.7. The average Bonchev–Trinajstić information content (AvgIpc) is 2.99. The number of aliphatic hydroxyl groups is 1. The number of likely N-dealkylation sites (tertiary alicyclic amines) is 1. The highest BCUT2D eigenvalue weighted by Gasteiger charge is 2.19. The maximum atomic E-state index is 12.0. The van der Waals surface area contributed by atoms with Crippen molar-refractivity contribution in [2.45, 2.75) is 32.4 Å². The molecule has 1 aliphatic heterocycles. The third-order valence-electron chi connectivity index (χ3n) is 4.38. The van der Waals surface area contributed by atoms with Gasteiger partial charge in [-0.3, -0.25) is 9.69 Å². The summed E-state index contributed by atoms with van der Waals surface area (Å²) in [5.41, 5.74) is 2.12. The Labute approximate surface area is 142 Å². The maximum absolute atomic E-state index is 12.0. The Morgan fingerprint density at radius 3 is 2.83 bits per heavy atom. The van der Waals surface area contributed by atoms with Gasteiger partial charge >= 0.3 is 0 Å². The molecule has 1 aromatic heterocycles. The molecule has 1 aliphatic rings. The summed E-state index contributed by atoms with van der Waals surface area (Å²) in [5.74, 6) is 0.943. The predicted octanol–water partition coefficient (Wildman–Crippen LogP) is 1.25. The largest absolute Gasteiger partial charge is 0.392 e. The van der Waals surface area contributed by atoms with E-state index in [9.17, 15) is 9.90 Å². The third kappa shape index (κ3) is 4.21. The molecule has 2 N–H and O–H groups in total. The van der Waals surface area contributed by atoms with Gasteiger partial charge in [0.1, 0.15) is 5.82 Å². The summed E-state index contributed by atoms with van der Waals surface area (Å²) in [5, 5.41) is 12.6. The van der Waals surface area contributed by atoms with Crippen LogP contribution in [0.4, 0.5) is 0 Å². The van der Waals surface area contributed by atoms with E-state index in [4.69, 9.17) is 0 Å². The zero-order chi connectivity index (χ0) is 16.9. The number of hydrogen-bond acceptors (Lipinski definition) is 4. The molecule has 1 unspecified atom stereocenters. The molecular weight excluding hydrogens is 304 g/mol. The molecule has 0 radical (unpaired) electrons. The number of carbonyl (C=O) groups is 1. The quantitative estimate of drug-likeness (QED) is 0.867. The molecule has 24 heavy (non-hydrogen) atoms. The molecule has 1 atom stereocenters. The standard InChI is InChI=1S/C18H24N4O2/c1-14-19-8-10-22(14)16-6-4-15(5-7-16)11-20-18(24)13-21-9-2-3-17(23)12-21/h4-8,10,17,23H,2-3,9,11-13H2,1H3,(H,20,24). The molecule has 0 saturated carbocycles. The van der Waals surface area contributed by atoms with Gasteiger partial charge in [-0.2, -0.15) is 0 Å². The topological polar surface area (TPSA) is 70.4 Å². The summed E-state index contributed by atoms with van der Waals surface area (Å²) in [7, 11) is 0. The van der Waals surface area contributed by atoms with E-state index in [0.29, 0.717) is 19.6 Å². The number of β-amino-alcohol motifs (C(OH)–C–C–N with tert-alkyl or cyclic N) is 1. The van der Waals surface area contributed by atoms with Crippen molar-refractivity contribution >= 4 is 5.91 Å². The van der Waals surface area contributed by atoms with E-state index in [1.807, 2.05) is 46.9 Å². The van der Waals surface area contributed by atoms with Gasteiger partial charge in [0, 0.05) is 31.2 Å². The number of amides is 1. The van der Waals surface area contributed by atoms with Crippen molar-refractivity contribution in [1.82, 2.24) is 19.8 Å². The van der Waals surface area contributed by atoms with Crippen LogP contribution in [0.5, 0.6) is 0 Å². The minimum atomic E-state index is -0.300. The zero-order valence-electron chi connectivity index (χ0n) is 14.0. The van der Waals surface area contributed by atoms with E-state index >= 15 is 0 Å². The van der Waals surface area contributed by atoms with E-state index in [0.717, 1.165) is 36.5 Å². The van der Waals surface area contributed by atoms with Crippen molar-refractivity contribution in [3.63, 3.8) is 0 Å². The fourth-order valence-electron chi connectivity index (χ4n) is 3.06. The predicted molar refractivity (Wildman–Crippen MR) is 91.8 cm³/mol. The Bertz CT molecular complexity index is 681. The van der Waals surface area contributed by atoms with Gasteiger partial charge in [0.15, 0.2) is 0 Å². The third-order valence-corrected chi connectivity index (χ3v) is 4.38. The van der Waals surface area contributed by atoms with E-state index in [2.05, 4.69) is 10.3 Å². The van der Waals surface area contributed by atoms with Crippen molar-refractivity contribution in [1.29, 1.82) is 0 Å². The van der Waals surface area contributed by atoms with Gasteiger partial charge in [-0.1, -0.05) is 12.1 Å². The molecule has 2 heterocycles. The van der Waals surface area contributed by atoms with Gasteiger partial charge < -0.3 is 15.0 Å². The van der Waals surface area contributed by atoms with Crippen LogP contribution in [-0.4, -0.2) is 51.2 Å². The molecular formula is C18H24N4O2. The van der Waals surface area contributed by atoms with Crippen LogP contribution < -0.4 is 5.32 Å². The number of benzene rings is 1. The second kappa shape index (κ2) is 7.59. The van der Waals surface area contributed by atoms with Gasteiger partial charge in [-0.15, -0.1) is 0 Å². The second-order valence-electron chi connectivity index (χ2n) is 6.32. The van der Waals surface area contributed by atoms with E-state index < -0.39 is 0 Å². The minimum Gasteiger partial charge on any atom is -0.392 e. The molecule has 0 bridgehead atoms. The average molecular weight is 328 g/mol. The lowest BCUT2D eigenvalue weighted by Crippen LogP contribution is -2.44. The Hall–Kier alpha value is -2.18. The van der Waals surface area contributed by atoms with Crippen LogP contribution in [0.2, 0.25) is 0 Å². The number of aryl methyl sites for hydroxylation is 1. The lowest BCUT2D eigenvalue weighted by Gasteiger charge is -2.29. The number of aromatic nitrogens is 2. The lowest BCUT2D eigenvalue weighted by molar-refractivity contribution is -0.123. The van der Waals surface area contributed by atoms with Gasteiger partial charge in [0.2, 0.25) is 5.91 Å². The Morgan fingerprint density at radius 1 is 1.38 bits per heavy atom. The molecule has 0 aliphatic carbocycles. The maximum Gasteiger partial charge on any atom is 0.234 e. The highest BCUT2D eigenvalue weighted by molar-refractivity contribution is 5.78. The van der Waals surface area contributed by atoms with Crippen molar-refractivity contribution in [3.05, 3.63) is 48.0 Å². The van der Waals surface area contributed by atoms with Gasteiger partial charge in [0.25, 0.3) is 0 Å². The van der Waals surface area contributed by atoms with Crippen molar-refractivity contribution in [2.75, 3.05) is 19.6 Å². The van der Waals surface area contributed by atoms with Gasteiger partial charge in [-0.05, 0) is 44.0 Å². The van der Waals surface area contributed by atoms with Gasteiger partial charge in [-0.25, -0.2) is 4.98 Å². The number of nitrogens with zero attached hydrogens (tertiary/aromatic N) is 3. The molecule has 6 heteroatoms. The molecule has 6 nitrogen and oxygen atoms in total. The van der Waals surface area contributed by atoms with Crippen LogP contribution in [0.3, 0.4) is 0 Å². The number of hydrogen-bond donors (Lipinski definition) is 2. The van der Waals surface area contributed by atoms with E-state index in [-0.39, 0.29) is 12.0 Å². The monoisotopic (exact) mass is 328 g/mol. The summed E-state index contributed by atoms with van der Waals surface area (Å²) < 4.78 is 2.02. The van der Waals surface area contributed by atoms with Crippen molar-refractivity contribution in [2.24, 2.45) is 0 Å². The van der Waals surface area contributed by atoms with Crippen LogP contribution in [0.15, 0.2) is 36.7 Å². The van der Waals surface area contributed by atoms with Gasteiger partial charge in [0.05, 0.1) is 12.6 Å². The van der Waals surface area contributed by atoms with Crippen LogP contribution in [0.25, 0.3) is 5.69 Å². The highest BCUT2D eigenvalue weighted by atomic mass is 16.3. The van der Waals surface area contributed by atoms with Crippen LogP contribution in [0.1, 0.15) is 24.2 Å². The summed E-state index contributed by atoms with van der Waals surface area (Å²) in [6, 6.07) is 8.08.